The third-order valence-electron chi connectivity index (χ3n) is 5.15. The molecule has 8 nitrogen and oxygen atoms in total. The summed E-state index contributed by atoms with van der Waals surface area (Å²) in [4.78, 5) is 17.2. The number of sulfonamides is 1. The molecule has 0 saturated heterocycles. The number of rotatable bonds is 5. The lowest BCUT2D eigenvalue weighted by molar-refractivity contribution is 0.102. The van der Waals surface area contributed by atoms with Gasteiger partial charge in [-0.1, -0.05) is 12.1 Å². The predicted octanol–water partition coefficient (Wildman–Crippen LogP) is 3.95. The molecule has 32 heavy (non-hydrogen) atoms. The number of nitrogens with zero attached hydrogens (tertiary/aromatic N) is 3. The van der Waals surface area contributed by atoms with Crippen LogP contribution < -0.4 is 10.0 Å². The van der Waals surface area contributed by atoms with Crippen LogP contribution in [0.5, 0.6) is 0 Å². The Hall–Kier alpha value is -3.72. The zero-order valence-corrected chi connectivity index (χ0v) is 19.0. The van der Waals surface area contributed by atoms with Crippen molar-refractivity contribution in [3.63, 3.8) is 0 Å². The SMILES string of the molecule is Cc1ccc(C)c(S(=O)(=O)Nc2ccc(C(=O)Nc3cnc4c(c3)c(C)nn4C)cc2)c1. The van der Waals surface area contributed by atoms with E-state index >= 15 is 0 Å². The molecule has 0 saturated carbocycles. The molecule has 4 rings (SSSR count). The Morgan fingerprint density at radius 2 is 1.69 bits per heavy atom. The number of anilines is 2. The average Bonchev–Trinajstić information content (AvgIpc) is 3.03. The highest BCUT2D eigenvalue weighted by molar-refractivity contribution is 7.92. The highest BCUT2D eigenvalue weighted by atomic mass is 32.2. The summed E-state index contributed by atoms with van der Waals surface area (Å²) in [5, 5.41) is 8.00. The molecule has 9 heteroatoms. The molecule has 0 unspecified atom stereocenters. The number of hydrogen-bond acceptors (Lipinski definition) is 5. The molecular weight excluding hydrogens is 426 g/mol. The van der Waals surface area contributed by atoms with E-state index in [1.165, 1.54) is 0 Å². The number of aryl methyl sites for hydroxylation is 4. The fraction of sp³-hybridized carbons (Fsp3) is 0.174. The standard InChI is InChI=1S/C23H23N5O3S/c1-14-5-6-15(2)21(11-14)32(30,31)27-18-9-7-17(8-10-18)23(29)25-19-12-20-16(3)26-28(4)22(20)24-13-19/h5-13,27H,1-4H3,(H,25,29). The monoisotopic (exact) mass is 449 g/mol. The van der Waals surface area contributed by atoms with Gasteiger partial charge in [0, 0.05) is 23.7 Å². The number of benzene rings is 2. The van der Waals surface area contributed by atoms with Gasteiger partial charge in [-0.05, 0) is 68.3 Å². The van der Waals surface area contributed by atoms with Crippen LogP contribution in [-0.2, 0) is 17.1 Å². The van der Waals surface area contributed by atoms with Crippen LogP contribution in [0.3, 0.4) is 0 Å². The van der Waals surface area contributed by atoms with Gasteiger partial charge in [-0.15, -0.1) is 0 Å². The minimum Gasteiger partial charge on any atom is -0.321 e. The molecule has 0 fully saturated rings. The lowest BCUT2D eigenvalue weighted by Gasteiger charge is -2.12. The molecule has 0 aliphatic carbocycles. The Kier molecular flexibility index (Phi) is 5.43. The van der Waals surface area contributed by atoms with Crippen molar-refractivity contribution in [2.75, 3.05) is 10.0 Å². The zero-order chi connectivity index (χ0) is 23.0. The number of aromatic nitrogens is 3. The van der Waals surface area contributed by atoms with E-state index in [4.69, 9.17) is 0 Å². The molecule has 2 heterocycles. The van der Waals surface area contributed by atoms with Crippen molar-refractivity contribution in [1.29, 1.82) is 0 Å². The van der Waals surface area contributed by atoms with Gasteiger partial charge < -0.3 is 5.32 Å². The van der Waals surface area contributed by atoms with Crippen molar-refractivity contribution in [2.45, 2.75) is 25.7 Å². The first kappa shape index (κ1) is 21.5. The molecule has 4 aromatic rings. The largest absolute Gasteiger partial charge is 0.321 e. The number of carbonyl (C=O) groups excluding carboxylic acids is 1. The van der Waals surface area contributed by atoms with E-state index in [0.717, 1.165) is 22.3 Å². The number of hydrogen-bond donors (Lipinski definition) is 2. The van der Waals surface area contributed by atoms with Crippen molar-refractivity contribution in [1.82, 2.24) is 14.8 Å². The topological polar surface area (TPSA) is 106 Å². The highest BCUT2D eigenvalue weighted by Gasteiger charge is 2.17. The Morgan fingerprint density at radius 3 is 2.41 bits per heavy atom. The van der Waals surface area contributed by atoms with E-state index in [-0.39, 0.29) is 10.8 Å². The smallest absolute Gasteiger partial charge is 0.262 e. The summed E-state index contributed by atoms with van der Waals surface area (Å²) >= 11 is 0. The number of carbonyl (C=O) groups is 1. The van der Waals surface area contributed by atoms with Gasteiger partial charge in [-0.25, -0.2) is 13.4 Å². The van der Waals surface area contributed by atoms with Crippen LogP contribution in [0.1, 0.15) is 27.2 Å². The molecule has 0 aliphatic heterocycles. The van der Waals surface area contributed by atoms with Crippen LogP contribution in [-0.4, -0.2) is 29.1 Å². The summed E-state index contributed by atoms with van der Waals surface area (Å²) in [5.74, 6) is -0.323. The van der Waals surface area contributed by atoms with Gasteiger partial charge in [0.05, 0.1) is 22.5 Å². The fourth-order valence-electron chi connectivity index (χ4n) is 3.48. The van der Waals surface area contributed by atoms with Crippen LogP contribution in [0.2, 0.25) is 0 Å². The van der Waals surface area contributed by atoms with Gasteiger partial charge in [0.1, 0.15) is 0 Å². The Bertz CT molecular complexity index is 1440. The van der Waals surface area contributed by atoms with Crippen molar-refractivity contribution < 1.29 is 13.2 Å². The Balaban J connectivity index is 1.50. The van der Waals surface area contributed by atoms with Crippen molar-refractivity contribution in [2.24, 2.45) is 7.05 Å². The summed E-state index contributed by atoms with van der Waals surface area (Å²) in [6, 6.07) is 13.4. The van der Waals surface area contributed by atoms with E-state index in [0.29, 0.717) is 22.5 Å². The van der Waals surface area contributed by atoms with Crippen molar-refractivity contribution in [3.05, 3.63) is 77.1 Å². The predicted molar refractivity (Wildman–Crippen MR) is 124 cm³/mol. The van der Waals surface area contributed by atoms with Gasteiger partial charge in [0.15, 0.2) is 5.65 Å². The van der Waals surface area contributed by atoms with Gasteiger partial charge >= 0.3 is 0 Å². The van der Waals surface area contributed by atoms with Gasteiger partial charge in [-0.3, -0.25) is 14.2 Å². The Morgan fingerprint density at radius 1 is 0.969 bits per heavy atom. The molecule has 2 N–H and O–H groups in total. The van der Waals surface area contributed by atoms with Gasteiger partial charge in [0.2, 0.25) is 0 Å². The maximum atomic E-state index is 12.8. The maximum absolute atomic E-state index is 12.8. The van der Waals surface area contributed by atoms with Gasteiger partial charge in [0.25, 0.3) is 15.9 Å². The quantitative estimate of drug-likeness (QED) is 0.480. The first-order chi connectivity index (χ1) is 15.1. The summed E-state index contributed by atoms with van der Waals surface area (Å²) in [6.07, 6.45) is 1.58. The summed E-state index contributed by atoms with van der Waals surface area (Å²) in [5.41, 5.74) is 4.40. The zero-order valence-electron chi connectivity index (χ0n) is 18.2. The molecule has 0 atom stereocenters. The molecular formula is C23H23N5O3S. The number of pyridine rings is 1. The Labute approximate surface area is 186 Å². The van der Waals surface area contributed by atoms with E-state index in [1.54, 1.807) is 54.2 Å². The summed E-state index contributed by atoms with van der Waals surface area (Å²) in [7, 11) is -1.92. The lowest BCUT2D eigenvalue weighted by Crippen LogP contribution is -2.15. The number of fused-ring (bicyclic) bond motifs is 1. The summed E-state index contributed by atoms with van der Waals surface area (Å²) in [6.45, 7) is 5.48. The second kappa shape index (κ2) is 8.08. The molecule has 2 aromatic heterocycles. The van der Waals surface area contributed by atoms with Crippen LogP contribution >= 0.6 is 0 Å². The minimum absolute atomic E-state index is 0.230. The van der Waals surface area contributed by atoms with Gasteiger partial charge in [-0.2, -0.15) is 5.10 Å². The van der Waals surface area contributed by atoms with Crippen LogP contribution in [0.4, 0.5) is 11.4 Å². The summed E-state index contributed by atoms with van der Waals surface area (Å²) < 4.78 is 29.8. The van der Waals surface area contributed by atoms with Crippen LogP contribution in [0.15, 0.2) is 59.6 Å². The minimum atomic E-state index is -3.74. The second-order valence-electron chi connectivity index (χ2n) is 7.71. The fourth-order valence-corrected chi connectivity index (χ4v) is 4.87. The molecule has 0 spiro atoms. The van der Waals surface area contributed by atoms with E-state index in [2.05, 4.69) is 20.1 Å². The normalized spacial score (nSPS) is 11.5. The maximum Gasteiger partial charge on any atom is 0.262 e. The molecule has 164 valence electrons. The van der Waals surface area contributed by atoms with Crippen molar-refractivity contribution in [3.8, 4) is 0 Å². The van der Waals surface area contributed by atoms with Crippen LogP contribution in [0.25, 0.3) is 11.0 Å². The third-order valence-corrected chi connectivity index (χ3v) is 6.68. The lowest BCUT2D eigenvalue weighted by atomic mass is 10.2. The first-order valence-corrected chi connectivity index (χ1v) is 11.4. The number of nitrogens with one attached hydrogen (secondary N) is 2. The highest BCUT2D eigenvalue weighted by Crippen LogP contribution is 2.22. The molecule has 1 amide bonds. The average molecular weight is 450 g/mol. The third kappa shape index (κ3) is 4.19. The van der Waals surface area contributed by atoms with E-state index in [1.807, 2.05) is 33.0 Å². The first-order valence-electron chi connectivity index (χ1n) is 9.95. The molecule has 0 bridgehead atoms. The number of amides is 1. The molecule has 0 radical (unpaired) electrons. The molecule has 0 aliphatic rings. The molecule has 2 aromatic carbocycles. The van der Waals surface area contributed by atoms with E-state index in [9.17, 15) is 13.2 Å². The second-order valence-corrected chi connectivity index (χ2v) is 9.36. The van der Waals surface area contributed by atoms with E-state index < -0.39 is 10.0 Å². The van der Waals surface area contributed by atoms with Crippen molar-refractivity contribution >= 4 is 38.3 Å². The van der Waals surface area contributed by atoms with Crippen LogP contribution in [0, 0.1) is 20.8 Å².